The van der Waals surface area contributed by atoms with E-state index in [2.05, 4.69) is 30.8 Å². The van der Waals surface area contributed by atoms with E-state index in [4.69, 9.17) is 0 Å². The van der Waals surface area contributed by atoms with Gasteiger partial charge in [-0.25, -0.2) is 9.50 Å². The predicted molar refractivity (Wildman–Crippen MR) is 103 cm³/mol. The van der Waals surface area contributed by atoms with Gasteiger partial charge in [-0.1, -0.05) is 0 Å². The van der Waals surface area contributed by atoms with E-state index in [-0.39, 0.29) is 17.0 Å². The highest BCUT2D eigenvalue weighted by Gasteiger charge is 2.60. The molecule has 0 saturated heterocycles. The Balaban J connectivity index is 1.33. The number of fused-ring (bicyclic) bond motifs is 1. The van der Waals surface area contributed by atoms with Crippen molar-refractivity contribution < 1.29 is 4.79 Å². The molecule has 0 spiro atoms. The Morgan fingerprint density at radius 3 is 2.69 bits per heavy atom. The maximum Gasteiger partial charge on any atom is 0.270 e. The van der Waals surface area contributed by atoms with E-state index in [0.717, 1.165) is 43.5 Å². The number of nitrogens with one attached hydrogen (secondary N) is 1. The van der Waals surface area contributed by atoms with Gasteiger partial charge in [0.25, 0.3) is 5.91 Å². The van der Waals surface area contributed by atoms with Crippen LogP contribution in [0.3, 0.4) is 0 Å². The van der Waals surface area contributed by atoms with Crippen LogP contribution >= 0.6 is 0 Å². The first-order chi connectivity index (χ1) is 13.9. The van der Waals surface area contributed by atoms with Gasteiger partial charge in [-0.15, -0.1) is 10.2 Å². The summed E-state index contributed by atoms with van der Waals surface area (Å²) in [6, 6.07) is 3.73. The maximum atomic E-state index is 13.3. The summed E-state index contributed by atoms with van der Waals surface area (Å²) >= 11 is 0. The Labute approximate surface area is 167 Å². The molecule has 4 saturated carbocycles. The molecular weight excluding hydrogens is 368 g/mol. The molecule has 0 aromatic carbocycles. The van der Waals surface area contributed by atoms with Crippen LogP contribution in [-0.2, 0) is 5.54 Å². The van der Waals surface area contributed by atoms with Crippen molar-refractivity contribution in [2.45, 2.75) is 63.5 Å². The van der Waals surface area contributed by atoms with Gasteiger partial charge >= 0.3 is 0 Å². The first kappa shape index (κ1) is 17.1. The Hall–Kier alpha value is -2.84. The summed E-state index contributed by atoms with van der Waals surface area (Å²) in [5, 5.41) is 20.4. The quantitative estimate of drug-likeness (QED) is 0.729. The minimum atomic E-state index is -0.216. The zero-order chi connectivity index (χ0) is 19.8. The zero-order valence-electron chi connectivity index (χ0n) is 16.7. The smallest absolute Gasteiger partial charge is 0.270 e. The predicted octanol–water partition coefficient (Wildman–Crippen LogP) is 1.81. The molecule has 4 aliphatic rings. The third-order valence-corrected chi connectivity index (χ3v) is 7.14. The molecule has 1 N–H and O–H groups in total. The highest BCUT2D eigenvalue weighted by atomic mass is 16.2. The molecule has 2 unspecified atom stereocenters. The number of nitrogens with zero attached hydrogens (tertiary/aromatic N) is 7. The topological polar surface area (TPSA) is 103 Å². The summed E-state index contributed by atoms with van der Waals surface area (Å²) < 4.78 is 1.78. The summed E-state index contributed by atoms with van der Waals surface area (Å²) in [6.45, 7) is 3.88. The van der Waals surface area contributed by atoms with Gasteiger partial charge in [-0.2, -0.15) is 9.90 Å². The van der Waals surface area contributed by atoms with E-state index in [1.165, 1.54) is 12.7 Å². The maximum absolute atomic E-state index is 13.3. The minimum absolute atomic E-state index is 0.0990. The molecule has 0 aliphatic heterocycles. The highest BCUT2D eigenvalue weighted by Crippen LogP contribution is 2.60. The van der Waals surface area contributed by atoms with Crippen molar-refractivity contribution in [2.24, 2.45) is 11.8 Å². The van der Waals surface area contributed by atoms with E-state index in [1.54, 1.807) is 4.52 Å². The molecule has 1 amide bonds. The highest BCUT2D eigenvalue weighted by molar-refractivity contribution is 5.93. The number of rotatable bonds is 3. The number of aryl methyl sites for hydroxylation is 2. The first-order valence-electron chi connectivity index (χ1n) is 10.3. The molecule has 4 bridgehead atoms. The van der Waals surface area contributed by atoms with Crippen LogP contribution in [0.4, 0.5) is 0 Å². The number of carbonyl (C=O) groups is 1. The number of tetrazole rings is 1. The standard InChI is InChI=1S/C20H24N8O/c1-12-3-17-23-16(4-13(2)27(17)25-12)18(29)24-19-6-14-5-15(7-19)9-20(8-14,10-19)28-22-11-21-26-28/h3-4,11,14-15H,5-10H2,1-2H3,(H,24,29). The van der Waals surface area contributed by atoms with Crippen LogP contribution < -0.4 is 5.32 Å². The van der Waals surface area contributed by atoms with Crippen LogP contribution in [0.1, 0.15) is 60.4 Å². The lowest BCUT2D eigenvalue weighted by atomic mass is 9.50. The van der Waals surface area contributed by atoms with Crippen LogP contribution in [0.15, 0.2) is 18.5 Å². The summed E-state index contributed by atoms with van der Waals surface area (Å²) in [6.07, 6.45) is 7.83. The summed E-state index contributed by atoms with van der Waals surface area (Å²) in [7, 11) is 0. The summed E-state index contributed by atoms with van der Waals surface area (Å²) in [5.41, 5.74) is 2.62. The Morgan fingerprint density at radius 1 is 1.17 bits per heavy atom. The molecule has 3 aromatic heterocycles. The Morgan fingerprint density at radius 2 is 1.97 bits per heavy atom. The number of amides is 1. The second-order valence-corrected chi connectivity index (χ2v) is 9.48. The molecule has 0 radical (unpaired) electrons. The summed E-state index contributed by atoms with van der Waals surface area (Å²) in [4.78, 5) is 19.7. The van der Waals surface area contributed by atoms with Crippen molar-refractivity contribution in [3.63, 3.8) is 0 Å². The SMILES string of the molecule is Cc1cc2nc(C(=O)NC34CC5CC(C3)CC(n3ncnn3)(C5)C4)cc(C)n2n1. The third kappa shape index (κ3) is 2.52. The molecule has 7 rings (SSSR count). The zero-order valence-corrected chi connectivity index (χ0v) is 16.7. The normalized spacial score (nSPS) is 32.8. The van der Waals surface area contributed by atoms with Crippen LogP contribution in [0.2, 0.25) is 0 Å². The van der Waals surface area contributed by atoms with Crippen LogP contribution in [0.5, 0.6) is 0 Å². The third-order valence-electron chi connectivity index (χ3n) is 7.14. The van der Waals surface area contributed by atoms with Gasteiger partial charge in [0, 0.05) is 17.3 Å². The van der Waals surface area contributed by atoms with Gasteiger partial charge in [0.1, 0.15) is 5.69 Å². The molecular formula is C20H24N8O. The number of hydrogen-bond donors (Lipinski definition) is 1. The first-order valence-corrected chi connectivity index (χ1v) is 10.3. The second-order valence-electron chi connectivity index (χ2n) is 9.48. The van der Waals surface area contributed by atoms with Crippen molar-refractivity contribution in [2.75, 3.05) is 0 Å². The fourth-order valence-corrected chi connectivity index (χ4v) is 6.64. The number of aromatic nitrogens is 7. The fraction of sp³-hybridized carbons (Fsp3) is 0.600. The molecule has 9 heteroatoms. The lowest BCUT2D eigenvalue weighted by molar-refractivity contribution is -0.0811. The van der Waals surface area contributed by atoms with Gasteiger partial charge in [-0.05, 0) is 75.5 Å². The molecule has 2 atom stereocenters. The lowest BCUT2D eigenvalue weighted by Crippen LogP contribution is -2.66. The van der Waals surface area contributed by atoms with E-state index in [9.17, 15) is 4.79 Å². The van der Waals surface area contributed by atoms with Crippen molar-refractivity contribution in [3.05, 3.63) is 35.5 Å². The molecule has 29 heavy (non-hydrogen) atoms. The second kappa shape index (κ2) is 5.61. The largest absolute Gasteiger partial charge is 0.345 e. The van der Waals surface area contributed by atoms with E-state index in [0.29, 0.717) is 23.2 Å². The van der Waals surface area contributed by atoms with Crippen LogP contribution in [-0.4, -0.2) is 46.3 Å². The Bertz CT molecular complexity index is 1100. The van der Waals surface area contributed by atoms with Crippen molar-refractivity contribution in [1.29, 1.82) is 0 Å². The number of hydrogen-bond acceptors (Lipinski definition) is 6. The van der Waals surface area contributed by atoms with Crippen LogP contribution in [0.25, 0.3) is 5.65 Å². The summed E-state index contributed by atoms with van der Waals surface area (Å²) in [5.74, 6) is 1.09. The van der Waals surface area contributed by atoms with Gasteiger partial charge in [-0.3, -0.25) is 4.79 Å². The molecule has 9 nitrogen and oxygen atoms in total. The van der Waals surface area contributed by atoms with Crippen molar-refractivity contribution in [1.82, 2.24) is 40.1 Å². The van der Waals surface area contributed by atoms with Crippen molar-refractivity contribution in [3.8, 4) is 0 Å². The number of carbonyl (C=O) groups excluding carboxylic acids is 1. The molecule has 3 heterocycles. The van der Waals surface area contributed by atoms with Gasteiger partial charge in [0.05, 0.1) is 11.2 Å². The van der Waals surface area contributed by atoms with Gasteiger partial charge in [0.15, 0.2) is 12.0 Å². The van der Waals surface area contributed by atoms with Gasteiger partial charge in [0.2, 0.25) is 0 Å². The van der Waals surface area contributed by atoms with Crippen molar-refractivity contribution >= 4 is 11.6 Å². The lowest BCUT2D eigenvalue weighted by Gasteiger charge is -2.61. The molecule has 4 aliphatic carbocycles. The van der Waals surface area contributed by atoms with E-state index in [1.807, 2.05) is 30.8 Å². The minimum Gasteiger partial charge on any atom is -0.345 e. The molecule has 3 aromatic rings. The van der Waals surface area contributed by atoms with E-state index < -0.39 is 0 Å². The Kier molecular flexibility index (Phi) is 3.30. The fourth-order valence-electron chi connectivity index (χ4n) is 6.64. The molecule has 150 valence electrons. The van der Waals surface area contributed by atoms with Crippen LogP contribution in [0, 0.1) is 25.7 Å². The average Bonchev–Trinajstić information content (AvgIpc) is 3.29. The van der Waals surface area contributed by atoms with E-state index >= 15 is 0 Å². The molecule has 4 fully saturated rings. The van der Waals surface area contributed by atoms with Gasteiger partial charge < -0.3 is 5.32 Å². The monoisotopic (exact) mass is 392 g/mol. The average molecular weight is 392 g/mol.